The highest BCUT2D eigenvalue weighted by Crippen LogP contribution is 2.18. The van der Waals surface area contributed by atoms with Gasteiger partial charge >= 0.3 is 0 Å². The first-order chi connectivity index (χ1) is 12.6. The second-order valence-electron chi connectivity index (χ2n) is 5.42. The van der Waals surface area contributed by atoms with Crippen molar-refractivity contribution < 1.29 is 19.2 Å². The summed E-state index contributed by atoms with van der Waals surface area (Å²) in [5.74, 6) is -1.23. The molecule has 26 heavy (non-hydrogen) atoms. The number of hydrogen-bond donors (Lipinski definition) is 1. The van der Waals surface area contributed by atoms with Gasteiger partial charge in [0, 0.05) is 18.2 Å². The van der Waals surface area contributed by atoms with Crippen LogP contribution in [-0.2, 0) is 19.2 Å². The maximum Gasteiger partial charge on any atom is 0.258 e. The van der Waals surface area contributed by atoms with Crippen molar-refractivity contribution in [3.05, 3.63) is 84.5 Å². The Bertz CT molecular complexity index is 910. The van der Waals surface area contributed by atoms with E-state index in [2.05, 4.69) is 5.32 Å². The number of rotatable bonds is 2. The minimum Gasteiger partial charge on any atom is -0.289 e. The number of nitrogens with one attached hydrogen (secondary N) is 1. The molecular formula is C20H14N2O4. The van der Waals surface area contributed by atoms with E-state index in [1.54, 1.807) is 36.4 Å². The van der Waals surface area contributed by atoms with E-state index in [9.17, 15) is 19.2 Å². The van der Waals surface area contributed by atoms with Crippen LogP contribution in [0.1, 0.15) is 5.56 Å². The molecule has 2 aromatic rings. The molecule has 2 heterocycles. The number of imide groups is 2. The molecular weight excluding hydrogens is 332 g/mol. The van der Waals surface area contributed by atoms with Gasteiger partial charge in [0.15, 0.2) is 0 Å². The summed E-state index contributed by atoms with van der Waals surface area (Å²) in [5.41, 5.74) is 1.82. The second kappa shape index (κ2) is 7.40. The minimum absolute atomic E-state index is 0.281. The normalized spacial score (nSPS) is 15.5. The van der Waals surface area contributed by atoms with Gasteiger partial charge in [0.1, 0.15) is 0 Å². The lowest BCUT2D eigenvalue weighted by Gasteiger charge is -2.12. The van der Waals surface area contributed by atoms with Crippen LogP contribution < -0.4 is 10.2 Å². The third-order valence-corrected chi connectivity index (χ3v) is 3.67. The van der Waals surface area contributed by atoms with Crippen LogP contribution in [0.4, 0.5) is 5.69 Å². The molecule has 2 aliphatic heterocycles. The molecule has 6 heteroatoms. The van der Waals surface area contributed by atoms with Gasteiger partial charge in [-0.05, 0) is 17.7 Å². The summed E-state index contributed by atoms with van der Waals surface area (Å²) in [6.07, 6.45) is 3.86. The van der Waals surface area contributed by atoms with Crippen LogP contribution in [0.3, 0.4) is 0 Å². The predicted molar refractivity (Wildman–Crippen MR) is 95.6 cm³/mol. The summed E-state index contributed by atoms with van der Waals surface area (Å²) >= 11 is 0. The van der Waals surface area contributed by atoms with E-state index in [0.717, 1.165) is 10.5 Å². The summed E-state index contributed by atoms with van der Waals surface area (Å²) in [5, 5.41) is 2.19. The molecule has 128 valence electrons. The number of carbonyl (C=O) groups is 4. The highest BCUT2D eigenvalue weighted by atomic mass is 16.2. The first-order valence-electron chi connectivity index (χ1n) is 7.80. The first kappa shape index (κ1) is 17.0. The van der Waals surface area contributed by atoms with E-state index in [0.29, 0.717) is 11.3 Å². The van der Waals surface area contributed by atoms with Crippen LogP contribution in [-0.4, -0.2) is 23.6 Å². The summed E-state index contributed by atoms with van der Waals surface area (Å²) in [4.78, 5) is 45.6. The molecule has 0 aromatic heterocycles. The van der Waals surface area contributed by atoms with Gasteiger partial charge in [-0.2, -0.15) is 0 Å². The Kier molecular flexibility index (Phi) is 4.85. The van der Waals surface area contributed by atoms with E-state index in [1.165, 1.54) is 18.2 Å². The molecule has 0 aliphatic carbocycles. The number of amides is 4. The van der Waals surface area contributed by atoms with Crippen LogP contribution in [0.5, 0.6) is 0 Å². The van der Waals surface area contributed by atoms with Crippen molar-refractivity contribution in [2.24, 2.45) is 0 Å². The summed E-state index contributed by atoms with van der Waals surface area (Å²) in [6, 6.07) is 18.0. The lowest BCUT2D eigenvalue weighted by atomic mass is 10.1. The number of benzene rings is 2. The standard InChI is InChI=1S/2C10H7NO2/c12-9-6-7-10(13)11(9)8-4-2-1-3-5-8;12-9-6-8(10(13)11-9)7-4-2-1-3-5-7/h1-7H;1-6H,(H,11,12,13). The van der Waals surface area contributed by atoms with Gasteiger partial charge in [0.2, 0.25) is 0 Å². The van der Waals surface area contributed by atoms with Crippen LogP contribution in [0.2, 0.25) is 0 Å². The SMILES string of the molecule is O=C1C=C(c2ccccc2)C(=O)N1.O=C1C=CC(=O)N1c1ccccc1. The smallest absolute Gasteiger partial charge is 0.258 e. The van der Waals surface area contributed by atoms with E-state index in [1.807, 2.05) is 24.3 Å². The van der Waals surface area contributed by atoms with Gasteiger partial charge < -0.3 is 0 Å². The van der Waals surface area contributed by atoms with Crippen molar-refractivity contribution in [1.29, 1.82) is 0 Å². The number of hydrogen-bond acceptors (Lipinski definition) is 4. The maximum atomic E-state index is 11.2. The summed E-state index contributed by atoms with van der Waals surface area (Å²) in [7, 11) is 0. The van der Waals surface area contributed by atoms with Crippen LogP contribution in [0.15, 0.2) is 78.9 Å². The average molecular weight is 346 g/mol. The molecule has 6 nitrogen and oxygen atoms in total. The number of anilines is 1. The zero-order valence-corrected chi connectivity index (χ0v) is 13.6. The molecule has 2 aromatic carbocycles. The van der Waals surface area contributed by atoms with Gasteiger partial charge in [-0.15, -0.1) is 0 Å². The van der Waals surface area contributed by atoms with Crippen molar-refractivity contribution in [2.45, 2.75) is 0 Å². The molecule has 0 bridgehead atoms. The Morgan fingerprint density at radius 1 is 0.692 bits per heavy atom. The molecule has 1 N–H and O–H groups in total. The molecule has 2 aliphatic rings. The lowest BCUT2D eigenvalue weighted by Crippen LogP contribution is -2.29. The van der Waals surface area contributed by atoms with Crippen molar-refractivity contribution in [3.8, 4) is 0 Å². The predicted octanol–water partition coefficient (Wildman–Crippen LogP) is 1.84. The fourth-order valence-corrected chi connectivity index (χ4v) is 2.48. The zero-order chi connectivity index (χ0) is 18.5. The van der Waals surface area contributed by atoms with Gasteiger partial charge in [-0.3, -0.25) is 24.5 Å². The fraction of sp³-hybridized carbons (Fsp3) is 0. The summed E-state index contributed by atoms with van der Waals surface area (Å²) < 4.78 is 0. The van der Waals surface area contributed by atoms with Gasteiger partial charge in [0.25, 0.3) is 23.6 Å². The van der Waals surface area contributed by atoms with E-state index >= 15 is 0 Å². The maximum absolute atomic E-state index is 11.2. The third kappa shape index (κ3) is 3.64. The Morgan fingerprint density at radius 3 is 1.73 bits per heavy atom. The molecule has 0 saturated carbocycles. The minimum atomic E-state index is -0.344. The van der Waals surface area contributed by atoms with E-state index in [-0.39, 0.29) is 23.6 Å². The number of para-hydroxylation sites is 1. The number of carbonyl (C=O) groups excluding carboxylic acids is 4. The Labute approximate surface area is 149 Å². The van der Waals surface area contributed by atoms with Crippen LogP contribution in [0, 0.1) is 0 Å². The van der Waals surface area contributed by atoms with Gasteiger partial charge in [-0.1, -0.05) is 48.5 Å². The lowest BCUT2D eigenvalue weighted by molar-refractivity contribution is -0.123. The average Bonchev–Trinajstić information content (AvgIpc) is 3.17. The van der Waals surface area contributed by atoms with Crippen LogP contribution >= 0.6 is 0 Å². The zero-order valence-electron chi connectivity index (χ0n) is 13.6. The van der Waals surface area contributed by atoms with Crippen LogP contribution in [0.25, 0.3) is 5.57 Å². The number of nitrogens with zero attached hydrogens (tertiary/aromatic N) is 1. The molecule has 0 unspecified atom stereocenters. The fourth-order valence-electron chi connectivity index (χ4n) is 2.48. The highest BCUT2D eigenvalue weighted by Gasteiger charge is 2.24. The van der Waals surface area contributed by atoms with Gasteiger partial charge in [0.05, 0.1) is 11.3 Å². The molecule has 0 atom stereocenters. The Morgan fingerprint density at radius 2 is 1.23 bits per heavy atom. The Balaban J connectivity index is 0.000000151. The van der Waals surface area contributed by atoms with Crippen molar-refractivity contribution in [1.82, 2.24) is 5.32 Å². The second-order valence-corrected chi connectivity index (χ2v) is 5.42. The quantitative estimate of drug-likeness (QED) is 0.841. The van der Waals surface area contributed by atoms with E-state index in [4.69, 9.17) is 0 Å². The first-order valence-corrected chi connectivity index (χ1v) is 7.80. The highest BCUT2D eigenvalue weighted by molar-refractivity contribution is 6.33. The molecule has 0 spiro atoms. The summed E-state index contributed by atoms with van der Waals surface area (Å²) in [6.45, 7) is 0. The third-order valence-electron chi connectivity index (χ3n) is 3.67. The molecule has 0 saturated heterocycles. The van der Waals surface area contributed by atoms with Crippen molar-refractivity contribution in [2.75, 3.05) is 4.90 Å². The molecule has 4 rings (SSSR count). The molecule has 0 radical (unpaired) electrons. The van der Waals surface area contributed by atoms with Gasteiger partial charge in [-0.25, -0.2) is 4.90 Å². The largest absolute Gasteiger partial charge is 0.289 e. The monoisotopic (exact) mass is 346 g/mol. The molecule has 0 fully saturated rings. The van der Waals surface area contributed by atoms with E-state index < -0.39 is 0 Å². The Hall–Kier alpha value is -3.80. The van der Waals surface area contributed by atoms with Crippen molar-refractivity contribution >= 4 is 34.9 Å². The van der Waals surface area contributed by atoms with Crippen molar-refractivity contribution in [3.63, 3.8) is 0 Å². The molecule has 4 amide bonds. The topological polar surface area (TPSA) is 83.5 Å².